The molecule has 1 N–H and O–H groups in total. The van der Waals surface area contributed by atoms with Crippen molar-refractivity contribution in [3.8, 4) is 5.75 Å². The maximum absolute atomic E-state index is 12.8. The first-order valence-electron chi connectivity index (χ1n) is 9.26. The number of halogens is 3. The van der Waals surface area contributed by atoms with Gasteiger partial charge in [0.2, 0.25) is 0 Å². The van der Waals surface area contributed by atoms with Crippen LogP contribution in [0.3, 0.4) is 0 Å². The summed E-state index contributed by atoms with van der Waals surface area (Å²) >= 11 is 0. The number of morpholine rings is 1. The number of β-amino-alcohol motifs (C(OH)–C–C–N with tert-alkyl or cyclic N) is 1. The molecule has 1 heterocycles. The standard InChI is InChI=1S/C21H24F3NO3/c22-21(23,24)17-7-4-8-19(12-17)28-15-20-14-25(9-10-27-20)13-18(26)11-16-5-2-1-3-6-16/h1-8,12,18,20,26H,9-11,13-15H2/t18-,20-/m0/s1. The topological polar surface area (TPSA) is 41.9 Å². The Morgan fingerprint density at radius 3 is 2.68 bits per heavy atom. The molecule has 1 aliphatic rings. The Kier molecular flexibility index (Phi) is 6.93. The van der Waals surface area contributed by atoms with E-state index in [1.165, 1.54) is 12.1 Å². The lowest BCUT2D eigenvalue weighted by Crippen LogP contribution is -2.47. The number of benzene rings is 2. The Bertz CT molecular complexity index is 739. The Balaban J connectivity index is 1.47. The monoisotopic (exact) mass is 395 g/mol. The predicted octanol–water partition coefficient (Wildman–Crippen LogP) is 3.39. The van der Waals surface area contributed by atoms with Crippen molar-refractivity contribution in [2.45, 2.75) is 24.8 Å². The molecule has 2 aromatic rings. The summed E-state index contributed by atoms with van der Waals surface area (Å²) in [5.74, 6) is 0.166. The lowest BCUT2D eigenvalue weighted by molar-refractivity contribution is -0.137. The van der Waals surface area contributed by atoms with Crippen LogP contribution in [0.15, 0.2) is 54.6 Å². The Morgan fingerprint density at radius 1 is 1.14 bits per heavy atom. The molecule has 1 fully saturated rings. The van der Waals surface area contributed by atoms with Crippen molar-refractivity contribution in [1.29, 1.82) is 0 Å². The number of alkyl halides is 3. The van der Waals surface area contributed by atoms with Crippen molar-refractivity contribution in [3.63, 3.8) is 0 Å². The van der Waals surface area contributed by atoms with E-state index in [0.29, 0.717) is 32.7 Å². The summed E-state index contributed by atoms with van der Waals surface area (Å²) in [5, 5.41) is 10.3. The number of hydrogen-bond acceptors (Lipinski definition) is 4. The molecule has 28 heavy (non-hydrogen) atoms. The molecule has 0 aromatic heterocycles. The molecule has 0 amide bonds. The first kappa shape index (κ1) is 20.6. The second-order valence-electron chi connectivity index (χ2n) is 6.93. The minimum atomic E-state index is -4.40. The van der Waals surface area contributed by atoms with Gasteiger partial charge in [-0.05, 0) is 30.2 Å². The Morgan fingerprint density at radius 2 is 1.93 bits per heavy atom. The first-order chi connectivity index (χ1) is 13.4. The fourth-order valence-corrected chi connectivity index (χ4v) is 3.25. The van der Waals surface area contributed by atoms with Crippen molar-refractivity contribution < 1.29 is 27.8 Å². The van der Waals surface area contributed by atoms with Crippen molar-refractivity contribution in [3.05, 3.63) is 65.7 Å². The molecule has 1 aliphatic heterocycles. The van der Waals surface area contributed by atoms with Gasteiger partial charge in [0.25, 0.3) is 0 Å². The third kappa shape index (κ3) is 6.22. The van der Waals surface area contributed by atoms with Gasteiger partial charge in [-0.2, -0.15) is 13.2 Å². The van der Waals surface area contributed by atoms with Crippen LogP contribution in [0, 0.1) is 0 Å². The van der Waals surface area contributed by atoms with E-state index in [2.05, 4.69) is 4.90 Å². The van der Waals surface area contributed by atoms with Crippen molar-refractivity contribution in [2.24, 2.45) is 0 Å². The minimum Gasteiger partial charge on any atom is -0.491 e. The van der Waals surface area contributed by atoms with Crippen LogP contribution in [0.1, 0.15) is 11.1 Å². The first-order valence-corrected chi connectivity index (χ1v) is 9.26. The number of hydrogen-bond donors (Lipinski definition) is 1. The Labute approximate surface area is 162 Å². The molecule has 3 rings (SSSR count). The number of ether oxygens (including phenoxy) is 2. The van der Waals surface area contributed by atoms with Gasteiger partial charge in [0.05, 0.1) is 18.3 Å². The summed E-state index contributed by atoms with van der Waals surface area (Å²) in [6, 6.07) is 14.6. The molecular formula is C21H24F3NO3. The largest absolute Gasteiger partial charge is 0.491 e. The summed E-state index contributed by atoms with van der Waals surface area (Å²) < 4.78 is 49.5. The van der Waals surface area contributed by atoms with E-state index in [1.54, 1.807) is 0 Å². The number of rotatable bonds is 7. The molecule has 0 spiro atoms. The van der Waals surface area contributed by atoms with Gasteiger partial charge in [0.1, 0.15) is 18.5 Å². The Hall–Kier alpha value is -2.09. The molecule has 0 saturated carbocycles. The predicted molar refractivity (Wildman–Crippen MR) is 99.3 cm³/mol. The molecule has 2 aromatic carbocycles. The molecular weight excluding hydrogens is 371 g/mol. The summed E-state index contributed by atoms with van der Waals surface area (Å²) in [7, 11) is 0. The van der Waals surface area contributed by atoms with E-state index in [4.69, 9.17) is 9.47 Å². The van der Waals surface area contributed by atoms with Gasteiger partial charge in [0.15, 0.2) is 0 Å². The average molecular weight is 395 g/mol. The van der Waals surface area contributed by atoms with Crippen molar-refractivity contribution >= 4 is 0 Å². The van der Waals surface area contributed by atoms with Crippen molar-refractivity contribution in [1.82, 2.24) is 4.90 Å². The second-order valence-corrected chi connectivity index (χ2v) is 6.93. The van der Waals surface area contributed by atoms with Gasteiger partial charge < -0.3 is 14.6 Å². The molecule has 0 bridgehead atoms. The van der Waals surface area contributed by atoms with Gasteiger partial charge in [-0.25, -0.2) is 0 Å². The van der Waals surface area contributed by atoms with Gasteiger partial charge in [0, 0.05) is 19.6 Å². The SMILES string of the molecule is O[C@@H](Cc1ccccc1)CN1CCO[C@H](COc2cccc(C(F)(F)F)c2)C1. The van der Waals surface area contributed by atoms with Gasteiger partial charge in [-0.3, -0.25) is 4.90 Å². The van der Waals surface area contributed by atoms with Crippen LogP contribution >= 0.6 is 0 Å². The van der Waals surface area contributed by atoms with E-state index in [9.17, 15) is 18.3 Å². The zero-order valence-electron chi connectivity index (χ0n) is 15.4. The zero-order chi connectivity index (χ0) is 20.0. The fourth-order valence-electron chi connectivity index (χ4n) is 3.25. The summed E-state index contributed by atoms with van der Waals surface area (Å²) in [6.07, 6.45) is -4.58. The highest BCUT2D eigenvalue weighted by molar-refractivity contribution is 5.30. The smallest absolute Gasteiger partial charge is 0.416 e. The third-order valence-electron chi connectivity index (χ3n) is 4.60. The molecule has 152 valence electrons. The van der Waals surface area contributed by atoms with E-state index in [-0.39, 0.29) is 18.5 Å². The van der Waals surface area contributed by atoms with Crippen LogP contribution < -0.4 is 4.74 Å². The fraction of sp³-hybridized carbons (Fsp3) is 0.429. The van der Waals surface area contributed by atoms with Crippen molar-refractivity contribution in [2.75, 3.05) is 32.8 Å². The van der Waals surface area contributed by atoms with Crippen LogP contribution in [0.4, 0.5) is 13.2 Å². The number of aliphatic hydroxyl groups is 1. The second kappa shape index (κ2) is 9.41. The molecule has 2 atom stereocenters. The van der Waals surface area contributed by atoms with Crippen LogP contribution in [0.25, 0.3) is 0 Å². The molecule has 4 nitrogen and oxygen atoms in total. The minimum absolute atomic E-state index is 0.159. The zero-order valence-corrected chi connectivity index (χ0v) is 15.4. The van der Waals surface area contributed by atoms with Crippen LogP contribution in [0.5, 0.6) is 5.75 Å². The number of nitrogens with zero attached hydrogens (tertiary/aromatic N) is 1. The molecule has 7 heteroatoms. The lowest BCUT2D eigenvalue weighted by Gasteiger charge is -2.34. The highest BCUT2D eigenvalue weighted by Crippen LogP contribution is 2.31. The summed E-state index contributed by atoms with van der Waals surface area (Å²) in [4.78, 5) is 2.09. The van der Waals surface area contributed by atoms with Crippen LogP contribution in [0.2, 0.25) is 0 Å². The van der Waals surface area contributed by atoms with E-state index in [0.717, 1.165) is 17.7 Å². The summed E-state index contributed by atoms with van der Waals surface area (Å²) in [6.45, 7) is 2.43. The van der Waals surface area contributed by atoms with E-state index < -0.39 is 17.8 Å². The molecule has 1 saturated heterocycles. The third-order valence-corrected chi connectivity index (χ3v) is 4.60. The van der Waals surface area contributed by atoms with Gasteiger partial charge in [-0.1, -0.05) is 36.4 Å². The van der Waals surface area contributed by atoms with Gasteiger partial charge in [-0.15, -0.1) is 0 Å². The molecule has 0 aliphatic carbocycles. The average Bonchev–Trinajstić information content (AvgIpc) is 2.67. The molecule has 0 unspecified atom stereocenters. The maximum atomic E-state index is 12.8. The summed E-state index contributed by atoms with van der Waals surface area (Å²) in [5.41, 5.74) is 0.341. The highest BCUT2D eigenvalue weighted by Gasteiger charge is 2.30. The quantitative estimate of drug-likeness (QED) is 0.781. The van der Waals surface area contributed by atoms with Crippen LogP contribution in [-0.4, -0.2) is 55.1 Å². The molecule has 0 radical (unpaired) electrons. The maximum Gasteiger partial charge on any atom is 0.416 e. The van der Waals surface area contributed by atoms with Crippen LogP contribution in [-0.2, 0) is 17.3 Å². The highest BCUT2D eigenvalue weighted by atomic mass is 19.4. The van der Waals surface area contributed by atoms with Gasteiger partial charge >= 0.3 is 6.18 Å². The lowest BCUT2D eigenvalue weighted by atomic mass is 10.1. The van der Waals surface area contributed by atoms with E-state index in [1.807, 2.05) is 30.3 Å². The normalized spacial score (nSPS) is 19.4. The number of aliphatic hydroxyl groups excluding tert-OH is 1. The van der Waals surface area contributed by atoms with E-state index >= 15 is 0 Å².